The Morgan fingerprint density at radius 1 is 0.966 bits per heavy atom. The minimum atomic E-state index is 0.0532. The van der Waals surface area contributed by atoms with Crippen molar-refractivity contribution < 1.29 is 14.3 Å². The number of rotatable bonds is 7. The van der Waals surface area contributed by atoms with E-state index in [0.717, 1.165) is 43.1 Å². The molecule has 0 aliphatic carbocycles. The van der Waals surface area contributed by atoms with Crippen molar-refractivity contribution in [1.82, 2.24) is 4.90 Å². The van der Waals surface area contributed by atoms with Crippen LogP contribution in [0.25, 0.3) is 0 Å². The van der Waals surface area contributed by atoms with Crippen molar-refractivity contribution in [1.29, 1.82) is 0 Å². The first-order chi connectivity index (χ1) is 14.1. The van der Waals surface area contributed by atoms with Crippen LogP contribution in [0.1, 0.15) is 36.5 Å². The second-order valence-electron chi connectivity index (χ2n) is 7.21. The number of hydrogen-bond donors (Lipinski definition) is 1. The van der Waals surface area contributed by atoms with Gasteiger partial charge in [0.05, 0.1) is 7.11 Å². The molecule has 2 amide bonds. The minimum Gasteiger partial charge on any atom is -0.497 e. The molecule has 1 saturated heterocycles. The van der Waals surface area contributed by atoms with E-state index >= 15 is 0 Å². The molecule has 2 aromatic rings. The molecule has 0 unspecified atom stereocenters. The fourth-order valence-electron chi connectivity index (χ4n) is 3.40. The van der Waals surface area contributed by atoms with E-state index in [4.69, 9.17) is 4.74 Å². The van der Waals surface area contributed by atoms with Crippen molar-refractivity contribution in [3.63, 3.8) is 0 Å². The van der Waals surface area contributed by atoms with Gasteiger partial charge >= 0.3 is 0 Å². The number of anilines is 2. The van der Waals surface area contributed by atoms with Crippen molar-refractivity contribution in [3.05, 3.63) is 54.1 Å². The SMILES string of the molecule is CCCCC(=O)Nc1ccc(N2CCN(C(=O)c3ccc(OC)cc3)CC2)cc1. The predicted molar refractivity (Wildman–Crippen MR) is 116 cm³/mol. The number of piperazine rings is 1. The lowest BCUT2D eigenvalue weighted by Crippen LogP contribution is -2.48. The van der Waals surface area contributed by atoms with Gasteiger partial charge < -0.3 is 19.9 Å². The number of nitrogens with one attached hydrogen (secondary N) is 1. The zero-order valence-corrected chi connectivity index (χ0v) is 17.2. The highest BCUT2D eigenvalue weighted by Crippen LogP contribution is 2.21. The van der Waals surface area contributed by atoms with Crippen molar-refractivity contribution in [2.45, 2.75) is 26.2 Å². The first-order valence-electron chi connectivity index (χ1n) is 10.2. The number of benzene rings is 2. The van der Waals surface area contributed by atoms with Crippen LogP contribution >= 0.6 is 0 Å². The third-order valence-corrected chi connectivity index (χ3v) is 5.18. The Morgan fingerprint density at radius 2 is 1.62 bits per heavy atom. The van der Waals surface area contributed by atoms with Crippen molar-refractivity contribution >= 4 is 23.2 Å². The molecule has 0 spiro atoms. The highest BCUT2D eigenvalue weighted by Gasteiger charge is 2.22. The molecule has 0 bridgehead atoms. The van der Waals surface area contributed by atoms with E-state index in [1.807, 2.05) is 41.3 Å². The lowest BCUT2D eigenvalue weighted by atomic mass is 10.1. The Morgan fingerprint density at radius 3 is 2.21 bits per heavy atom. The summed E-state index contributed by atoms with van der Waals surface area (Å²) in [4.78, 5) is 28.7. The van der Waals surface area contributed by atoms with Crippen LogP contribution < -0.4 is 15.0 Å². The van der Waals surface area contributed by atoms with Crippen LogP contribution in [0.2, 0.25) is 0 Å². The molecule has 3 rings (SSSR count). The molecular weight excluding hydrogens is 366 g/mol. The molecular formula is C23H29N3O3. The van der Waals surface area contributed by atoms with E-state index in [2.05, 4.69) is 17.1 Å². The highest BCUT2D eigenvalue weighted by atomic mass is 16.5. The number of methoxy groups -OCH3 is 1. The van der Waals surface area contributed by atoms with Gasteiger partial charge in [0, 0.05) is 49.5 Å². The van der Waals surface area contributed by atoms with E-state index in [0.29, 0.717) is 25.1 Å². The van der Waals surface area contributed by atoms with Crippen LogP contribution in [0, 0.1) is 0 Å². The summed E-state index contributed by atoms with van der Waals surface area (Å²) in [6.07, 6.45) is 2.48. The number of carbonyl (C=O) groups is 2. The maximum Gasteiger partial charge on any atom is 0.253 e. The van der Waals surface area contributed by atoms with E-state index in [1.165, 1.54) is 0 Å². The van der Waals surface area contributed by atoms with Gasteiger partial charge in [-0.1, -0.05) is 13.3 Å². The number of nitrogens with zero attached hydrogens (tertiary/aromatic N) is 2. The first kappa shape index (κ1) is 20.7. The molecule has 1 N–H and O–H groups in total. The standard InChI is InChI=1S/C23H29N3O3/c1-3-4-5-22(27)24-19-8-10-20(11-9-19)25-14-16-26(17-15-25)23(28)18-6-12-21(29-2)13-7-18/h6-13H,3-5,14-17H2,1-2H3,(H,24,27). The molecule has 1 fully saturated rings. The van der Waals surface area contributed by atoms with Gasteiger partial charge in [-0.05, 0) is 55.0 Å². The van der Waals surface area contributed by atoms with Crippen LogP contribution in [0.15, 0.2) is 48.5 Å². The van der Waals surface area contributed by atoms with Crippen molar-refractivity contribution in [3.8, 4) is 5.75 Å². The van der Waals surface area contributed by atoms with Gasteiger partial charge in [0.25, 0.3) is 5.91 Å². The monoisotopic (exact) mass is 395 g/mol. The Hall–Kier alpha value is -3.02. The average Bonchev–Trinajstić information content (AvgIpc) is 2.78. The predicted octanol–water partition coefficient (Wildman–Crippen LogP) is 3.79. The molecule has 0 aromatic heterocycles. The van der Waals surface area contributed by atoms with Gasteiger partial charge in [-0.25, -0.2) is 0 Å². The molecule has 1 aliphatic heterocycles. The van der Waals surface area contributed by atoms with E-state index in [1.54, 1.807) is 19.2 Å². The van der Waals surface area contributed by atoms with Gasteiger partial charge in [-0.3, -0.25) is 9.59 Å². The summed E-state index contributed by atoms with van der Waals surface area (Å²) in [7, 11) is 1.61. The number of ether oxygens (including phenoxy) is 1. The quantitative estimate of drug-likeness (QED) is 0.775. The van der Waals surface area contributed by atoms with Crippen LogP contribution in [0.3, 0.4) is 0 Å². The maximum atomic E-state index is 12.7. The van der Waals surface area contributed by atoms with Crippen molar-refractivity contribution in [2.75, 3.05) is 43.5 Å². The van der Waals surface area contributed by atoms with Gasteiger partial charge in [-0.2, -0.15) is 0 Å². The molecule has 1 aliphatic rings. The topological polar surface area (TPSA) is 61.9 Å². The molecule has 2 aromatic carbocycles. The second kappa shape index (κ2) is 9.96. The van der Waals surface area contributed by atoms with E-state index in [9.17, 15) is 9.59 Å². The minimum absolute atomic E-state index is 0.0532. The number of unbranched alkanes of at least 4 members (excludes halogenated alkanes) is 1. The summed E-state index contributed by atoms with van der Waals surface area (Å²) in [6.45, 7) is 5.00. The molecule has 1 heterocycles. The first-order valence-corrected chi connectivity index (χ1v) is 10.2. The lowest BCUT2D eigenvalue weighted by molar-refractivity contribution is -0.116. The van der Waals surface area contributed by atoms with Crippen LogP contribution in [-0.4, -0.2) is 50.0 Å². The third-order valence-electron chi connectivity index (χ3n) is 5.18. The fourth-order valence-corrected chi connectivity index (χ4v) is 3.40. The third kappa shape index (κ3) is 5.50. The van der Waals surface area contributed by atoms with Gasteiger partial charge in [-0.15, -0.1) is 0 Å². The smallest absolute Gasteiger partial charge is 0.253 e. The molecule has 0 atom stereocenters. The summed E-state index contributed by atoms with van der Waals surface area (Å²) < 4.78 is 5.15. The number of amides is 2. The van der Waals surface area contributed by atoms with Crippen LogP contribution in [-0.2, 0) is 4.79 Å². The highest BCUT2D eigenvalue weighted by molar-refractivity contribution is 5.94. The van der Waals surface area contributed by atoms with Gasteiger partial charge in [0.1, 0.15) is 5.75 Å². The Bertz CT molecular complexity index is 810. The Labute approximate surface area is 172 Å². The van der Waals surface area contributed by atoms with Crippen LogP contribution in [0.4, 0.5) is 11.4 Å². The summed E-state index contributed by atoms with van der Waals surface area (Å²) >= 11 is 0. The van der Waals surface area contributed by atoms with E-state index in [-0.39, 0.29) is 11.8 Å². The molecule has 0 radical (unpaired) electrons. The summed E-state index contributed by atoms with van der Waals surface area (Å²) in [5, 5.41) is 2.94. The van der Waals surface area contributed by atoms with Gasteiger partial charge in [0.15, 0.2) is 0 Å². The van der Waals surface area contributed by atoms with Crippen LogP contribution in [0.5, 0.6) is 5.75 Å². The Kier molecular flexibility index (Phi) is 7.11. The lowest BCUT2D eigenvalue weighted by Gasteiger charge is -2.36. The van der Waals surface area contributed by atoms with Gasteiger partial charge in [0.2, 0.25) is 5.91 Å². The van der Waals surface area contributed by atoms with Crippen molar-refractivity contribution in [2.24, 2.45) is 0 Å². The normalized spacial score (nSPS) is 13.9. The summed E-state index contributed by atoms with van der Waals surface area (Å²) in [5.74, 6) is 0.860. The molecule has 0 saturated carbocycles. The zero-order valence-electron chi connectivity index (χ0n) is 17.2. The number of carbonyl (C=O) groups excluding carboxylic acids is 2. The molecule has 6 heteroatoms. The van der Waals surface area contributed by atoms with E-state index < -0.39 is 0 Å². The maximum absolute atomic E-state index is 12.7. The largest absolute Gasteiger partial charge is 0.497 e. The average molecular weight is 396 g/mol. The Balaban J connectivity index is 1.52. The fraction of sp³-hybridized carbons (Fsp3) is 0.391. The molecule has 29 heavy (non-hydrogen) atoms. The molecule has 6 nitrogen and oxygen atoms in total. The number of hydrogen-bond acceptors (Lipinski definition) is 4. The summed E-state index contributed by atoms with van der Waals surface area (Å²) in [6, 6.07) is 15.2. The zero-order chi connectivity index (χ0) is 20.6. The molecule has 154 valence electrons. The summed E-state index contributed by atoms with van der Waals surface area (Å²) in [5.41, 5.74) is 2.61. The second-order valence-corrected chi connectivity index (χ2v) is 7.21.